The number of nitrogens with one attached hydrogen (secondary N) is 1. The van der Waals surface area contributed by atoms with Crippen LogP contribution in [0.2, 0.25) is 0 Å². The largest absolute Gasteiger partial charge is 0.359 e. The molecule has 2 heterocycles. The molecule has 1 saturated carbocycles. The zero-order valence-electron chi connectivity index (χ0n) is 18.5. The van der Waals surface area contributed by atoms with Crippen molar-refractivity contribution in [3.63, 3.8) is 0 Å². The monoisotopic (exact) mass is 479 g/mol. The first-order valence-electron chi connectivity index (χ1n) is 10.7. The van der Waals surface area contributed by atoms with Crippen molar-refractivity contribution in [1.82, 2.24) is 9.97 Å². The Bertz CT molecular complexity index is 1020. The molecule has 1 fully saturated rings. The number of nitrogens with zero attached hydrogens (tertiary/aromatic N) is 2. The molecule has 1 atom stereocenters. The maximum atomic E-state index is 13.0. The molecule has 0 radical (unpaired) electrons. The molecule has 0 aliphatic heterocycles. The van der Waals surface area contributed by atoms with Gasteiger partial charge in [0.2, 0.25) is 5.91 Å². The average Bonchev–Trinajstić information content (AvgIpc) is 3.38. The van der Waals surface area contributed by atoms with Gasteiger partial charge in [-0.3, -0.25) is 9.59 Å². The molecule has 10 heteroatoms. The lowest BCUT2D eigenvalue weighted by Gasteiger charge is -2.20. The second kappa shape index (κ2) is 10.1. The van der Waals surface area contributed by atoms with E-state index in [1.54, 1.807) is 17.6 Å². The van der Waals surface area contributed by atoms with Gasteiger partial charge < -0.3 is 9.50 Å². The SMILES string of the molecule is CC(C)(C)CC(=O)OS(=O)(=O)c1ccc(C(CC2CCCC2)C(=O)Nc2nccs2)cn1. The molecule has 0 bridgehead atoms. The molecule has 1 N–H and O–H groups in total. The van der Waals surface area contributed by atoms with Gasteiger partial charge in [-0.2, -0.15) is 8.42 Å². The third-order valence-corrected chi connectivity index (χ3v) is 7.17. The highest BCUT2D eigenvalue weighted by Gasteiger charge is 2.29. The Morgan fingerprint density at radius 2 is 1.94 bits per heavy atom. The van der Waals surface area contributed by atoms with Crippen LogP contribution in [0, 0.1) is 11.3 Å². The highest BCUT2D eigenvalue weighted by Crippen LogP contribution is 2.35. The number of carbonyl (C=O) groups is 2. The van der Waals surface area contributed by atoms with Crippen molar-refractivity contribution in [3.05, 3.63) is 35.5 Å². The molecule has 0 spiro atoms. The Morgan fingerprint density at radius 1 is 1.22 bits per heavy atom. The van der Waals surface area contributed by atoms with E-state index in [0.29, 0.717) is 23.0 Å². The first-order chi connectivity index (χ1) is 15.0. The molecule has 1 unspecified atom stereocenters. The van der Waals surface area contributed by atoms with Crippen molar-refractivity contribution in [1.29, 1.82) is 0 Å². The van der Waals surface area contributed by atoms with Crippen LogP contribution in [0.15, 0.2) is 34.9 Å². The molecule has 1 aliphatic carbocycles. The van der Waals surface area contributed by atoms with E-state index in [0.717, 1.165) is 25.7 Å². The summed E-state index contributed by atoms with van der Waals surface area (Å²) in [5.74, 6) is -1.07. The number of hydrogen-bond donors (Lipinski definition) is 1. The molecule has 1 amide bonds. The van der Waals surface area contributed by atoms with Crippen LogP contribution in [-0.4, -0.2) is 30.3 Å². The molecule has 1 aliphatic rings. The second-order valence-electron chi connectivity index (χ2n) is 9.34. The first-order valence-corrected chi connectivity index (χ1v) is 13.0. The van der Waals surface area contributed by atoms with Gasteiger partial charge in [-0.1, -0.05) is 52.5 Å². The fourth-order valence-corrected chi connectivity index (χ4v) is 5.16. The molecule has 174 valence electrons. The van der Waals surface area contributed by atoms with Crippen LogP contribution in [0.1, 0.15) is 70.8 Å². The van der Waals surface area contributed by atoms with Crippen molar-refractivity contribution in [3.8, 4) is 0 Å². The summed E-state index contributed by atoms with van der Waals surface area (Å²) in [4.78, 5) is 33.1. The second-order valence-corrected chi connectivity index (χ2v) is 11.7. The van der Waals surface area contributed by atoms with Crippen LogP contribution >= 0.6 is 11.3 Å². The quantitative estimate of drug-likeness (QED) is 0.554. The van der Waals surface area contributed by atoms with Gasteiger partial charge in [0, 0.05) is 17.8 Å². The van der Waals surface area contributed by atoms with Crippen LogP contribution in [-0.2, 0) is 23.9 Å². The topological polar surface area (TPSA) is 115 Å². The molecular formula is C22H29N3O5S2. The van der Waals surface area contributed by atoms with Gasteiger partial charge in [-0.25, -0.2) is 9.97 Å². The summed E-state index contributed by atoms with van der Waals surface area (Å²) >= 11 is 1.34. The number of thiazole rings is 1. The number of amides is 1. The Hall–Kier alpha value is -2.33. The maximum Gasteiger partial charge on any atom is 0.359 e. The van der Waals surface area contributed by atoms with Crippen molar-refractivity contribution >= 4 is 38.5 Å². The number of aromatic nitrogens is 2. The van der Waals surface area contributed by atoms with E-state index in [9.17, 15) is 18.0 Å². The lowest BCUT2D eigenvalue weighted by atomic mass is 9.88. The Kier molecular flexibility index (Phi) is 7.66. The fourth-order valence-electron chi connectivity index (χ4n) is 3.82. The molecular weight excluding hydrogens is 450 g/mol. The van der Waals surface area contributed by atoms with Gasteiger partial charge in [0.05, 0.1) is 12.3 Å². The van der Waals surface area contributed by atoms with Crippen LogP contribution in [0.3, 0.4) is 0 Å². The molecule has 32 heavy (non-hydrogen) atoms. The van der Waals surface area contributed by atoms with Gasteiger partial charge in [0.15, 0.2) is 10.2 Å². The summed E-state index contributed by atoms with van der Waals surface area (Å²) in [6.07, 6.45) is 8.08. The van der Waals surface area contributed by atoms with Crippen molar-refractivity contribution in [2.45, 2.75) is 70.2 Å². The highest BCUT2D eigenvalue weighted by atomic mass is 32.2. The standard InChI is InChI=1S/C22H29N3O5S2/c1-22(2,3)13-19(26)30-32(28,29)18-9-8-16(14-24-18)17(12-15-6-4-5-7-15)20(27)25-21-23-10-11-31-21/h8-11,14-15,17H,4-7,12-13H2,1-3H3,(H,23,25,27). The Balaban J connectivity index is 1.77. The van der Waals surface area contributed by atoms with Crippen molar-refractivity contribution in [2.24, 2.45) is 11.3 Å². The van der Waals surface area contributed by atoms with Crippen LogP contribution in [0.4, 0.5) is 5.13 Å². The fraction of sp³-hybridized carbons (Fsp3) is 0.545. The molecule has 2 aromatic heterocycles. The third-order valence-electron chi connectivity index (χ3n) is 5.32. The van der Waals surface area contributed by atoms with Crippen LogP contribution < -0.4 is 5.32 Å². The minimum absolute atomic E-state index is 0.0370. The number of hydrogen-bond acceptors (Lipinski definition) is 8. The Morgan fingerprint density at radius 3 is 2.50 bits per heavy atom. The summed E-state index contributed by atoms with van der Waals surface area (Å²) in [5, 5.41) is 4.78. The number of anilines is 1. The number of rotatable bonds is 8. The van der Waals surface area contributed by atoms with E-state index in [4.69, 9.17) is 4.18 Å². The van der Waals surface area contributed by atoms with Gasteiger partial charge in [-0.15, -0.1) is 11.3 Å². The van der Waals surface area contributed by atoms with E-state index in [-0.39, 0.29) is 17.4 Å². The van der Waals surface area contributed by atoms with E-state index in [2.05, 4.69) is 15.3 Å². The zero-order valence-corrected chi connectivity index (χ0v) is 20.2. The molecule has 0 saturated heterocycles. The van der Waals surface area contributed by atoms with Crippen molar-refractivity contribution < 1.29 is 22.2 Å². The van der Waals surface area contributed by atoms with E-state index in [1.807, 2.05) is 20.8 Å². The van der Waals surface area contributed by atoms with E-state index in [1.165, 1.54) is 23.6 Å². The minimum atomic E-state index is -4.33. The van der Waals surface area contributed by atoms with Gasteiger partial charge in [0.1, 0.15) is 0 Å². The van der Waals surface area contributed by atoms with Gasteiger partial charge in [0.25, 0.3) is 0 Å². The number of pyridine rings is 1. The summed E-state index contributed by atoms with van der Waals surface area (Å²) in [5.41, 5.74) is 0.216. The predicted octanol–water partition coefficient (Wildman–Crippen LogP) is 4.51. The third kappa shape index (κ3) is 6.83. The maximum absolute atomic E-state index is 13.0. The molecule has 3 rings (SSSR count). The summed E-state index contributed by atoms with van der Waals surface area (Å²) in [7, 11) is -4.33. The lowest BCUT2D eigenvalue weighted by molar-refractivity contribution is -0.135. The summed E-state index contributed by atoms with van der Waals surface area (Å²) in [6, 6.07) is 2.85. The summed E-state index contributed by atoms with van der Waals surface area (Å²) < 4.78 is 29.6. The molecule has 8 nitrogen and oxygen atoms in total. The highest BCUT2D eigenvalue weighted by molar-refractivity contribution is 7.87. The molecule has 2 aromatic rings. The zero-order chi connectivity index (χ0) is 23.4. The van der Waals surface area contributed by atoms with Crippen LogP contribution in [0.5, 0.6) is 0 Å². The van der Waals surface area contributed by atoms with Gasteiger partial charge in [-0.05, 0) is 29.4 Å². The van der Waals surface area contributed by atoms with E-state index < -0.39 is 27.4 Å². The normalized spacial score (nSPS) is 16.0. The predicted molar refractivity (Wildman–Crippen MR) is 122 cm³/mol. The Labute approximate surface area is 192 Å². The van der Waals surface area contributed by atoms with E-state index >= 15 is 0 Å². The van der Waals surface area contributed by atoms with Crippen LogP contribution in [0.25, 0.3) is 0 Å². The van der Waals surface area contributed by atoms with Gasteiger partial charge >= 0.3 is 16.1 Å². The van der Waals surface area contributed by atoms with Crippen molar-refractivity contribution in [2.75, 3.05) is 5.32 Å². The lowest BCUT2D eigenvalue weighted by Crippen LogP contribution is -2.23. The average molecular weight is 480 g/mol. The smallest absolute Gasteiger partial charge is 0.341 e. The molecule has 0 aromatic carbocycles. The minimum Gasteiger partial charge on any atom is -0.341 e. The number of carbonyl (C=O) groups excluding carboxylic acids is 2. The summed E-state index contributed by atoms with van der Waals surface area (Å²) in [6.45, 7) is 5.44. The first kappa shape index (κ1) is 24.3.